The van der Waals surface area contributed by atoms with Crippen molar-refractivity contribution in [2.45, 2.75) is 31.3 Å². The molecule has 9 nitrogen and oxygen atoms in total. The maximum absolute atomic E-state index is 12.9. The maximum Gasteiger partial charge on any atom is 0.407 e. The van der Waals surface area contributed by atoms with E-state index in [0.29, 0.717) is 0 Å². The first-order valence-electron chi connectivity index (χ1n) is 11.0. The molecule has 1 fully saturated rings. The highest BCUT2D eigenvalue weighted by atomic mass is 32.2. The van der Waals surface area contributed by atoms with E-state index in [1.807, 2.05) is 48.5 Å². The number of nitrogens with zero attached hydrogens (tertiary/aromatic N) is 1. The number of sulfone groups is 1. The zero-order chi connectivity index (χ0) is 24.5. The first-order chi connectivity index (χ1) is 16.2. The molecule has 2 atom stereocenters. The minimum Gasteiger partial charge on any atom is -0.480 e. The van der Waals surface area contributed by atoms with Crippen molar-refractivity contribution < 1.29 is 32.6 Å². The Bertz CT molecular complexity index is 1180. The van der Waals surface area contributed by atoms with E-state index >= 15 is 0 Å². The van der Waals surface area contributed by atoms with Gasteiger partial charge in [0.1, 0.15) is 19.2 Å². The third kappa shape index (κ3) is 4.91. The molecule has 180 valence electrons. The zero-order valence-electron chi connectivity index (χ0n) is 18.6. The fraction of sp³-hybridized carbons (Fsp3) is 0.375. The molecule has 2 N–H and O–H groups in total. The number of hydrogen-bond donors (Lipinski definition) is 2. The lowest BCUT2D eigenvalue weighted by Crippen LogP contribution is -2.52. The van der Waals surface area contributed by atoms with Crippen molar-refractivity contribution >= 4 is 27.8 Å². The summed E-state index contributed by atoms with van der Waals surface area (Å²) in [6.45, 7) is 0.846. The maximum atomic E-state index is 12.9. The number of amides is 2. The molecule has 1 aliphatic carbocycles. The standard InChI is InChI=1S/C24H26N2O7S/c1-15(23(29)26(12-22(27)28)16-10-11-34(31,32)14-16)25-24(30)33-13-21-19-8-4-2-6-17(19)18-7-3-5-9-20(18)21/h2-9,15-16,21H,10-14H2,1H3,(H,25,30)(H,27,28)/t15-,16?/m0/s1. The molecule has 2 aromatic rings. The molecule has 1 aliphatic heterocycles. The van der Waals surface area contributed by atoms with Crippen LogP contribution in [0.1, 0.15) is 30.4 Å². The lowest BCUT2D eigenvalue weighted by molar-refractivity contribution is -0.146. The third-order valence-electron chi connectivity index (χ3n) is 6.29. The van der Waals surface area contributed by atoms with Gasteiger partial charge in [0.05, 0.1) is 11.5 Å². The van der Waals surface area contributed by atoms with Crippen molar-refractivity contribution in [3.8, 4) is 11.1 Å². The Morgan fingerprint density at radius 1 is 1.09 bits per heavy atom. The summed E-state index contributed by atoms with van der Waals surface area (Å²) >= 11 is 0. The summed E-state index contributed by atoms with van der Waals surface area (Å²) in [6, 6.07) is 14.0. The van der Waals surface area contributed by atoms with Gasteiger partial charge in [-0.2, -0.15) is 0 Å². The van der Waals surface area contributed by atoms with E-state index in [9.17, 15) is 27.9 Å². The highest BCUT2D eigenvalue weighted by Crippen LogP contribution is 2.44. The predicted molar refractivity (Wildman–Crippen MR) is 124 cm³/mol. The highest BCUT2D eigenvalue weighted by Gasteiger charge is 2.37. The van der Waals surface area contributed by atoms with Crippen LogP contribution in [0.25, 0.3) is 11.1 Å². The summed E-state index contributed by atoms with van der Waals surface area (Å²) in [7, 11) is -3.32. The van der Waals surface area contributed by atoms with Gasteiger partial charge in [-0.25, -0.2) is 13.2 Å². The second-order valence-corrected chi connectivity index (χ2v) is 10.8. The number of alkyl carbamates (subject to hydrolysis) is 1. The number of hydrogen-bond acceptors (Lipinski definition) is 6. The zero-order valence-corrected chi connectivity index (χ0v) is 19.5. The molecule has 0 radical (unpaired) electrons. The van der Waals surface area contributed by atoms with Gasteiger partial charge in [-0.05, 0) is 35.6 Å². The first kappa shape index (κ1) is 23.7. The minimum absolute atomic E-state index is 0.0699. The van der Waals surface area contributed by atoms with Crippen LogP contribution in [-0.4, -0.2) is 73.1 Å². The van der Waals surface area contributed by atoms with Crippen LogP contribution in [0.5, 0.6) is 0 Å². The van der Waals surface area contributed by atoms with Crippen molar-refractivity contribution in [2.75, 3.05) is 24.7 Å². The second kappa shape index (κ2) is 9.46. The number of carbonyl (C=O) groups excluding carboxylic acids is 2. The Morgan fingerprint density at radius 3 is 2.21 bits per heavy atom. The average molecular weight is 487 g/mol. The Balaban J connectivity index is 1.40. The number of fused-ring (bicyclic) bond motifs is 3. The third-order valence-corrected chi connectivity index (χ3v) is 8.04. The molecule has 0 saturated carbocycles. The van der Waals surface area contributed by atoms with Crippen molar-refractivity contribution in [3.63, 3.8) is 0 Å². The second-order valence-electron chi connectivity index (χ2n) is 8.61. The number of aliphatic carboxylic acids is 1. The van der Waals surface area contributed by atoms with E-state index in [1.165, 1.54) is 6.92 Å². The van der Waals surface area contributed by atoms with Gasteiger partial charge < -0.3 is 20.1 Å². The van der Waals surface area contributed by atoms with E-state index in [4.69, 9.17) is 4.74 Å². The molecular formula is C24H26N2O7S. The van der Waals surface area contributed by atoms with E-state index in [-0.39, 0.29) is 30.5 Å². The highest BCUT2D eigenvalue weighted by molar-refractivity contribution is 7.91. The summed E-state index contributed by atoms with van der Waals surface area (Å²) in [5.74, 6) is -2.46. The molecule has 0 bridgehead atoms. The average Bonchev–Trinajstić information content (AvgIpc) is 3.32. The van der Waals surface area contributed by atoms with Crippen molar-refractivity contribution in [2.24, 2.45) is 0 Å². The fourth-order valence-corrected chi connectivity index (χ4v) is 6.41. The van der Waals surface area contributed by atoms with Gasteiger partial charge in [0.2, 0.25) is 5.91 Å². The summed E-state index contributed by atoms with van der Waals surface area (Å²) < 4.78 is 29.1. The predicted octanol–water partition coefficient (Wildman–Crippen LogP) is 2.01. The monoisotopic (exact) mass is 486 g/mol. The largest absolute Gasteiger partial charge is 0.480 e. The normalized spacial score (nSPS) is 19.0. The van der Waals surface area contributed by atoms with Crippen molar-refractivity contribution in [1.29, 1.82) is 0 Å². The van der Waals surface area contributed by atoms with Gasteiger partial charge in [0, 0.05) is 12.0 Å². The van der Waals surface area contributed by atoms with Crippen LogP contribution in [0.2, 0.25) is 0 Å². The molecule has 1 unspecified atom stereocenters. The fourth-order valence-electron chi connectivity index (χ4n) is 4.68. The molecule has 2 aliphatic rings. The molecule has 1 saturated heterocycles. The van der Waals surface area contributed by atoms with Gasteiger partial charge in [0.25, 0.3) is 0 Å². The lowest BCUT2D eigenvalue weighted by Gasteiger charge is -2.29. The van der Waals surface area contributed by atoms with E-state index in [2.05, 4.69) is 5.32 Å². The van der Waals surface area contributed by atoms with Gasteiger partial charge in [-0.3, -0.25) is 9.59 Å². The number of rotatable bonds is 7. The van der Waals surface area contributed by atoms with Gasteiger partial charge >= 0.3 is 12.1 Å². The number of benzene rings is 2. The SMILES string of the molecule is C[C@H](NC(=O)OCC1c2ccccc2-c2ccccc21)C(=O)N(CC(=O)O)C1CCS(=O)(=O)C1. The molecule has 4 rings (SSSR count). The van der Waals surface area contributed by atoms with Gasteiger partial charge in [-0.15, -0.1) is 0 Å². The Kier molecular flexibility index (Phi) is 6.60. The van der Waals surface area contributed by atoms with Crippen LogP contribution in [-0.2, 0) is 24.2 Å². The number of nitrogens with one attached hydrogen (secondary N) is 1. The Hall–Kier alpha value is -3.40. The molecule has 1 heterocycles. The van der Waals surface area contributed by atoms with E-state index < -0.39 is 46.4 Å². The van der Waals surface area contributed by atoms with Crippen molar-refractivity contribution in [1.82, 2.24) is 10.2 Å². The summed E-state index contributed by atoms with van der Waals surface area (Å²) in [5, 5.41) is 11.7. The molecular weight excluding hydrogens is 460 g/mol. The smallest absolute Gasteiger partial charge is 0.407 e. The van der Waals surface area contributed by atoms with Crippen LogP contribution < -0.4 is 5.32 Å². The van der Waals surface area contributed by atoms with E-state index in [0.717, 1.165) is 27.2 Å². The number of carbonyl (C=O) groups is 3. The first-order valence-corrected chi connectivity index (χ1v) is 12.8. The molecule has 2 amide bonds. The van der Waals surface area contributed by atoms with Gasteiger partial charge in [0.15, 0.2) is 9.84 Å². The lowest BCUT2D eigenvalue weighted by atomic mass is 9.98. The number of ether oxygens (including phenoxy) is 1. The summed E-state index contributed by atoms with van der Waals surface area (Å²) in [4.78, 5) is 37.7. The van der Waals surface area contributed by atoms with Crippen molar-refractivity contribution in [3.05, 3.63) is 59.7 Å². The molecule has 2 aromatic carbocycles. The van der Waals surface area contributed by atoms with Crippen LogP contribution in [0.15, 0.2) is 48.5 Å². The van der Waals surface area contributed by atoms with E-state index in [1.54, 1.807) is 0 Å². The Morgan fingerprint density at radius 2 is 1.68 bits per heavy atom. The van der Waals surface area contributed by atoms with Crippen LogP contribution >= 0.6 is 0 Å². The summed E-state index contributed by atoms with van der Waals surface area (Å²) in [6.07, 6.45) is -0.643. The van der Waals surface area contributed by atoms with Crippen LogP contribution in [0.4, 0.5) is 4.79 Å². The molecule has 0 aromatic heterocycles. The summed E-state index contributed by atoms with van der Waals surface area (Å²) in [5.41, 5.74) is 4.28. The van der Waals surface area contributed by atoms with Crippen LogP contribution in [0.3, 0.4) is 0 Å². The van der Waals surface area contributed by atoms with Gasteiger partial charge in [-0.1, -0.05) is 48.5 Å². The quantitative estimate of drug-likeness (QED) is 0.612. The molecule has 0 spiro atoms. The Labute approximate surface area is 197 Å². The number of carboxylic acids is 1. The molecule has 34 heavy (non-hydrogen) atoms. The minimum atomic E-state index is -3.32. The topological polar surface area (TPSA) is 130 Å². The number of carboxylic acid groups (broad SMARTS) is 1. The van der Waals surface area contributed by atoms with Crippen LogP contribution in [0, 0.1) is 0 Å². The molecule has 10 heteroatoms.